The molecule has 17 heteroatoms. The summed E-state index contributed by atoms with van der Waals surface area (Å²) in [6, 6.07) is -0.423. The largest absolute Gasteiger partial charge is 0.508 e. The molecule has 0 radical (unpaired) electrons. The van der Waals surface area contributed by atoms with Crippen LogP contribution < -0.4 is 31.9 Å². The number of amides is 6. The first-order valence-electron chi connectivity index (χ1n) is 13.6. The van der Waals surface area contributed by atoms with Crippen LogP contribution in [0.1, 0.15) is 33.3 Å². The van der Waals surface area contributed by atoms with Crippen LogP contribution in [0.25, 0.3) is 0 Å². The third-order valence-electron chi connectivity index (χ3n) is 6.11. The zero-order chi connectivity index (χ0) is 33.6. The van der Waals surface area contributed by atoms with Crippen LogP contribution in [-0.2, 0) is 40.0 Å². The molecule has 1 aromatic carbocycles. The molecular formula is C27H40N6O10S. The number of benzene rings is 1. The van der Waals surface area contributed by atoms with Gasteiger partial charge in [0.2, 0.25) is 35.4 Å². The maximum absolute atomic E-state index is 13.3. The summed E-state index contributed by atoms with van der Waals surface area (Å²) in [6.07, 6.45) is -0.0478. The molecule has 244 valence electrons. The number of aliphatic carboxylic acids is 1. The van der Waals surface area contributed by atoms with Crippen LogP contribution in [0, 0.1) is 5.92 Å². The highest BCUT2D eigenvalue weighted by molar-refractivity contribution is 7.80. The van der Waals surface area contributed by atoms with E-state index in [1.54, 1.807) is 13.8 Å². The van der Waals surface area contributed by atoms with Gasteiger partial charge in [-0.1, -0.05) is 26.0 Å². The number of nitrogens with one attached hydrogen (secondary N) is 6. The van der Waals surface area contributed by atoms with Crippen LogP contribution in [0.2, 0.25) is 0 Å². The van der Waals surface area contributed by atoms with Gasteiger partial charge >= 0.3 is 5.97 Å². The van der Waals surface area contributed by atoms with Gasteiger partial charge in [0, 0.05) is 19.1 Å². The predicted molar refractivity (Wildman–Crippen MR) is 159 cm³/mol. The van der Waals surface area contributed by atoms with Crippen molar-refractivity contribution in [3.8, 4) is 5.75 Å². The standard InChI is InChI=1S/C27H40N6O10S/c1-13(2)22(30-15(4)35)27(43)31-18(9-16-5-7-17(36)8-6-16)25(41)29-14(3)23(39)32-19(11-34)26(42)33-20(12-44)24(40)28-10-21(37)38/h5-8,13-14,18-20,22,34,36,44H,9-12H2,1-4H3,(H,28,40)(H,29,41)(H,30,35)(H,31,43)(H,32,39)(H,33,42)(H,37,38)/t14-,18-,19-,20-,22-/m0/s1. The quantitative estimate of drug-likeness (QED) is 0.0782. The molecule has 0 saturated carbocycles. The van der Waals surface area contributed by atoms with Crippen LogP contribution in [0.5, 0.6) is 5.75 Å². The molecule has 0 aliphatic carbocycles. The minimum atomic E-state index is -1.55. The number of carbonyl (C=O) groups excluding carboxylic acids is 6. The molecule has 0 aromatic heterocycles. The second-order valence-corrected chi connectivity index (χ2v) is 10.5. The normalized spacial score (nSPS) is 14.2. The molecule has 0 heterocycles. The number of thiol groups is 1. The van der Waals surface area contributed by atoms with Gasteiger partial charge in [-0.3, -0.25) is 33.6 Å². The molecule has 9 N–H and O–H groups in total. The lowest BCUT2D eigenvalue weighted by molar-refractivity contribution is -0.138. The smallest absolute Gasteiger partial charge is 0.322 e. The summed E-state index contributed by atoms with van der Waals surface area (Å²) in [4.78, 5) is 86.2. The Bertz CT molecular complexity index is 1200. The van der Waals surface area contributed by atoms with E-state index in [-0.39, 0.29) is 23.8 Å². The summed E-state index contributed by atoms with van der Waals surface area (Å²) in [7, 11) is 0. The molecule has 1 rings (SSSR count). The fourth-order valence-electron chi connectivity index (χ4n) is 3.72. The Morgan fingerprint density at radius 3 is 1.80 bits per heavy atom. The number of carboxylic acid groups (broad SMARTS) is 1. The lowest BCUT2D eigenvalue weighted by Crippen LogP contribution is -2.60. The van der Waals surface area contributed by atoms with Crippen LogP contribution >= 0.6 is 12.6 Å². The number of aromatic hydroxyl groups is 1. The third-order valence-corrected chi connectivity index (χ3v) is 6.48. The van der Waals surface area contributed by atoms with Gasteiger partial charge in [-0.2, -0.15) is 12.6 Å². The van der Waals surface area contributed by atoms with Gasteiger partial charge in [0.1, 0.15) is 42.5 Å². The van der Waals surface area contributed by atoms with Gasteiger partial charge in [-0.05, 0) is 30.5 Å². The second kappa shape index (κ2) is 18.3. The van der Waals surface area contributed by atoms with Crippen LogP contribution in [0.4, 0.5) is 0 Å². The number of phenolic OH excluding ortho intramolecular Hbond substituents is 1. The van der Waals surface area contributed by atoms with Crippen LogP contribution in [0.15, 0.2) is 24.3 Å². The minimum absolute atomic E-state index is 0.0151. The van der Waals surface area contributed by atoms with Gasteiger partial charge in [-0.15, -0.1) is 0 Å². The van der Waals surface area contributed by atoms with Crippen molar-refractivity contribution in [2.24, 2.45) is 5.92 Å². The van der Waals surface area contributed by atoms with Crippen molar-refractivity contribution in [2.75, 3.05) is 18.9 Å². The molecule has 0 unspecified atom stereocenters. The number of carboxylic acids is 1. The molecule has 16 nitrogen and oxygen atoms in total. The number of carbonyl (C=O) groups is 7. The molecule has 0 spiro atoms. The molecule has 0 fully saturated rings. The van der Waals surface area contributed by atoms with Gasteiger partial charge < -0.3 is 47.2 Å². The Labute approximate surface area is 259 Å². The lowest BCUT2D eigenvalue weighted by Gasteiger charge is -2.26. The lowest BCUT2D eigenvalue weighted by atomic mass is 10.0. The first-order chi connectivity index (χ1) is 20.6. The van der Waals surface area contributed by atoms with E-state index in [1.807, 2.05) is 0 Å². The monoisotopic (exact) mass is 640 g/mol. The highest BCUT2D eigenvalue weighted by Gasteiger charge is 2.31. The second-order valence-electron chi connectivity index (χ2n) is 10.2. The van der Waals surface area contributed by atoms with E-state index in [1.165, 1.54) is 38.1 Å². The van der Waals surface area contributed by atoms with Gasteiger partial charge in [0.05, 0.1) is 6.61 Å². The fourth-order valence-corrected chi connectivity index (χ4v) is 3.97. The topological polar surface area (TPSA) is 252 Å². The molecule has 0 aliphatic rings. The van der Waals surface area contributed by atoms with E-state index < -0.39 is 84.8 Å². The average Bonchev–Trinajstić information content (AvgIpc) is 2.95. The first kappa shape index (κ1) is 37.6. The van der Waals surface area contributed by atoms with Gasteiger partial charge in [0.15, 0.2) is 0 Å². The maximum Gasteiger partial charge on any atom is 0.322 e. The fraction of sp³-hybridized carbons (Fsp3) is 0.519. The number of hydrogen-bond acceptors (Lipinski definition) is 10. The number of aliphatic hydroxyl groups is 1. The summed E-state index contributed by atoms with van der Waals surface area (Å²) in [6.45, 7) is 4.37. The van der Waals surface area contributed by atoms with Crippen molar-refractivity contribution in [3.63, 3.8) is 0 Å². The Morgan fingerprint density at radius 1 is 0.750 bits per heavy atom. The van der Waals surface area contributed by atoms with E-state index in [2.05, 4.69) is 44.5 Å². The van der Waals surface area contributed by atoms with Gasteiger partial charge in [0.25, 0.3) is 0 Å². The van der Waals surface area contributed by atoms with Crippen LogP contribution in [-0.4, -0.2) is 106 Å². The molecule has 5 atom stereocenters. The summed E-state index contributed by atoms with van der Waals surface area (Å²) < 4.78 is 0. The number of hydrogen-bond donors (Lipinski definition) is 10. The zero-order valence-electron chi connectivity index (χ0n) is 24.7. The summed E-state index contributed by atoms with van der Waals surface area (Å²) in [5.41, 5.74) is 0.559. The first-order valence-corrected chi connectivity index (χ1v) is 14.2. The van der Waals surface area contributed by atoms with E-state index in [4.69, 9.17) is 5.11 Å². The van der Waals surface area contributed by atoms with E-state index >= 15 is 0 Å². The third kappa shape index (κ3) is 12.9. The Kier molecular flexibility index (Phi) is 15.7. The average molecular weight is 641 g/mol. The van der Waals surface area contributed by atoms with Crippen LogP contribution in [0.3, 0.4) is 0 Å². The molecule has 1 aromatic rings. The van der Waals surface area contributed by atoms with E-state index in [9.17, 15) is 43.8 Å². The summed E-state index contributed by atoms with van der Waals surface area (Å²) in [5.74, 6) is -6.46. The van der Waals surface area contributed by atoms with Crippen molar-refractivity contribution in [1.82, 2.24) is 31.9 Å². The molecule has 0 aliphatic heterocycles. The van der Waals surface area contributed by atoms with Gasteiger partial charge in [-0.25, -0.2) is 0 Å². The molecule has 0 saturated heterocycles. The maximum atomic E-state index is 13.3. The molecule has 44 heavy (non-hydrogen) atoms. The van der Waals surface area contributed by atoms with Crippen molar-refractivity contribution in [1.29, 1.82) is 0 Å². The molecule has 6 amide bonds. The zero-order valence-corrected chi connectivity index (χ0v) is 25.6. The number of rotatable bonds is 17. The minimum Gasteiger partial charge on any atom is -0.508 e. The van der Waals surface area contributed by atoms with Crippen molar-refractivity contribution in [2.45, 2.75) is 64.3 Å². The Hall–Kier alpha value is -4.38. The molecular weight excluding hydrogens is 600 g/mol. The number of aliphatic hydroxyl groups excluding tert-OH is 1. The molecule has 0 bridgehead atoms. The highest BCUT2D eigenvalue weighted by Crippen LogP contribution is 2.12. The van der Waals surface area contributed by atoms with Crippen molar-refractivity contribution in [3.05, 3.63) is 29.8 Å². The number of phenols is 1. The Balaban J connectivity index is 3.00. The predicted octanol–water partition coefficient (Wildman–Crippen LogP) is -2.82. The summed E-state index contributed by atoms with van der Waals surface area (Å²) in [5, 5.41) is 42.1. The van der Waals surface area contributed by atoms with E-state index in [0.29, 0.717) is 5.56 Å². The Morgan fingerprint density at radius 2 is 1.30 bits per heavy atom. The SMILES string of the molecule is CC(=O)N[C@H](C(=O)N[C@@H](Cc1ccc(O)cc1)C(=O)N[C@@H](C)C(=O)N[C@@H](CO)C(=O)N[C@@H](CS)C(=O)NCC(=O)O)C(C)C. The van der Waals surface area contributed by atoms with Crippen molar-refractivity contribution >= 4 is 54.0 Å². The highest BCUT2D eigenvalue weighted by atomic mass is 32.1. The van der Waals surface area contributed by atoms with Crippen molar-refractivity contribution < 1.29 is 48.9 Å². The van der Waals surface area contributed by atoms with E-state index in [0.717, 1.165) is 0 Å². The summed E-state index contributed by atoms with van der Waals surface area (Å²) >= 11 is 3.95.